The zero-order chi connectivity index (χ0) is 23.3. The Labute approximate surface area is 197 Å². The number of aromatic nitrogens is 6. The predicted molar refractivity (Wildman–Crippen MR) is 125 cm³/mol. The van der Waals surface area contributed by atoms with Crippen LogP contribution in [0.1, 0.15) is 30.0 Å². The van der Waals surface area contributed by atoms with Gasteiger partial charge >= 0.3 is 0 Å². The van der Waals surface area contributed by atoms with E-state index in [1.165, 1.54) is 24.1 Å². The summed E-state index contributed by atoms with van der Waals surface area (Å²) in [5, 5.41) is 10.4. The number of nitrogens with zero attached hydrogens (tertiary/aromatic N) is 6. The summed E-state index contributed by atoms with van der Waals surface area (Å²) in [6.07, 6.45) is 5.56. The van der Waals surface area contributed by atoms with E-state index < -0.39 is 11.6 Å². The van der Waals surface area contributed by atoms with E-state index in [1.54, 1.807) is 6.33 Å². The Morgan fingerprint density at radius 1 is 1.18 bits per heavy atom. The first-order chi connectivity index (χ1) is 15.8. The highest BCUT2D eigenvalue weighted by molar-refractivity contribution is 9.10. The molecule has 0 amide bonds. The van der Waals surface area contributed by atoms with Crippen LogP contribution in [0.25, 0.3) is 11.4 Å². The number of aryl methyl sites for hydroxylation is 2. The van der Waals surface area contributed by atoms with E-state index >= 15 is 0 Å². The molecule has 4 aromatic rings. The smallest absolute Gasteiger partial charge is 0.232 e. The molecule has 1 aromatic carbocycles. The summed E-state index contributed by atoms with van der Waals surface area (Å²) in [6, 6.07) is 4.27. The topological polar surface area (TPSA) is 87.6 Å². The number of anilines is 4. The fraction of sp³-hybridized carbons (Fsp3) is 0.273. The molecule has 11 heteroatoms. The second-order valence-corrected chi connectivity index (χ2v) is 9.09. The third-order valence-corrected chi connectivity index (χ3v) is 5.89. The van der Waals surface area contributed by atoms with Gasteiger partial charge in [-0.1, -0.05) is 15.9 Å². The Balaban J connectivity index is 1.69. The van der Waals surface area contributed by atoms with Crippen molar-refractivity contribution in [1.82, 2.24) is 29.7 Å². The molecule has 0 saturated heterocycles. The van der Waals surface area contributed by atoms with E-state index in [-0.39, 0.29) is 17.6 Å². The maximum absolute atomic E-state index is 14.7. The number of halogens is 3. The van der Waals surface area contributed by atoms with Crippen LogP contribution in [0.5, 0.6) is 0 Å². The molecule has 0 atom stereocenters. The first-order valence-electron chi connectivity index (χ1n) is 10.4. The molecular formula is C22H21BrF2N8. The normalized spacial score (nSPS) is 13.4. The van der Waals surface area contributed by atoms with Gasteiger partial charge in [-0.25, -0.2) is 18.7 Å². The van der Waals surface area contributed by atoms with Crippen molar-refractivity contribution >= 4 is 39.2 Å². The van der Waals surface area contributed by atoms with Crippen LogP contribution in [0.4, 0.5) is 32.1 Å². The Morgan fingerprint density at radius 2 is 1.91 bits per heavy atom. The van der Waals surface area contributed by atoms with Crippen molar-refractivity contribution in [2.24, 2.45) is 7.05 Å². The van der Waals surface area contributed by atoms with Gasteiger partial charge in [-0.15, -0.1) is 0 Å². The molecule has 1 saturated carbocycles. The minimum atomic E-state index is -0.726. The molecule has 0 unspecified atom stereocenters. The second-order valence-electron chi connectivity index (χ2n) is 8.17. The first kappa shape index (κ1) is 21.5. The lowest BCUT2D eigenvalue weighted by atomic mass is 10.1. The highest BCUT2D eigenvalue weighted by atomic mass is 79.9. The monoisotopic (exact) mass is 514 g/mol. The van der Waals surface area contributed by atoms with Gasteiger partial charge in [0.05, 0.1) is 6.33 Å². The van der Waals surface area contributed by atoms with Gasteiger partial charge in [0.25, 0.3) is 0 Å². The molecule has 0 aliphatic heterocycles. The van der Waals surface area contributed by atoms with Crippen LogP contribution in [0, 0.1) is 18.6 Å². The van der Waals surface area contributed by atoms with Crippen molar-refractivity contribution in [2.75, 3.05) is 17.3 Å². The van der Waals surface area contributed by atoms with Gasteiger partial charge in [0, 0.05) is 42.1 Å². The van der Waals surface area contributed by atoms with Gasteiger partial charge in [-0.2, -0.15) is 10.1 Å². The average Bonchev–Trinajstić information content (AvgIpc) is 3.36. The van der Waals surface area contributed by atoms with Gasteiger partial charge < -0.3 is 14.8 Å². The van der Waals surface area contributed by atoms with Crippen LogP contribution in [0.3, 0.4) is 0 Å². The molecule has 0 spiro atoms. The lowest BCUT2D eigenvalue weighted by Crippen LogP contribution is -2.18. The molecule has 1 aliphatic carbocycles. The average molecular weight is 515 g/mol. The number of benzene rings is 1. The molecule has 3 heterocycles. The molecule has 1 fully saturated rings. The summed E-state index contributed by atoms with van der Waals surface area (Å²) in [7, 11) is 3.41. The lowest BCUT2D eigenvalue weighted by Gasteiger charge is -2.22. The quantitative estimate of drug-likeness (QED) is 0.361. The largest absolute Gasteiger partial charge is 0.340 e. The third kappa shape index (κ3) is 4.20. The number of hydrogen-bond acceptors (Lipinski definition) is 6. The summed E-state index contributed by atoms with van der Waals surface area (Å²) in [6.45, 7) is 1.90. The Hall–Kier alpha value is -3.34. The van der Waals surface area contributed by atoms with Crippen molar-refractivity contribution in [3.63, 3.8) is 0 Å². The molecule has 170 valence electrons. The van der Waals surface area contributed by atoms with E-state index in [2.05, 4.69) is 41.4 Å². The first-order valence-corrected chi connectivity index (χ1v) is 11.2. The summed E-state index contributed by atoms with van der Waals surface area (Å²) < 4.78 is 31.6. The number of hydrogen-bond donors (Lipinski definition) is 2. The van der Waals surface area contributed by atoms with Crippen LogP contribution in [0.15, 0.2) is 35.2 Å². The number of imidazole rings is 1. The Morgan fingerprint density at radius 3 is 2.48 bits per heavy atom. The number of aromatic amines is 1. The van der Waals surface area contributed by atoms with E-state index in [0.717, 1.165) is 24.1 Å². The molecule has 1 aliphatic rings. The molecule has 3 aromatic heterocycles. The highest BCUT2D eigenvalue weighted by Crippen LogP contribution is 2.48. The van der Waals surface area contributed by atoms with Crippen LogP contribution in [-0.4, -0.2) is 36.8 Å². The van der Waals surface area contributed by atoms with Crippen molar-refractivity contribution < 1.29 is 8.78 Å². The number of rotatable bonds is 6. The van der Waals surface area contributed by atoms with Gasteiger partial charge in [0.1, 0.15) is 22.9 Å². The predicted octanol–water partition coefficient (Wildman–Crippen LogP) is 5.34. The molecule has 5 rings (SSSR count). The van der Waals surface area contributed by atoms with E-state index in [4.69, 9.17) is 4.98 Å². The Kier molecular flexibility index (Phi) is 5.35. The van der Waals surface area contributed by atoms with E-state index in [1.807, 2.05) is 30.8 Å². The van der Waals surface area contributed by atoms with Crippen molar-refractivity contribution in [2.45, 2.75) is 25.7 Å². The fourth-order valence-electron chi connectivity index (χ4n) is 3.75. The summed E-state index contributed by atoms with van der Waals surface area (Å²) in [5.41, 5.74) is 2.85. The third-order valence-electron chi connectivity index (χ3n) is 5.44. The minimum Gasteiger partial charge on any atom is -0.340 e. The molecular weight excluding hydrogens is 494 g/mol. The van der Waals surface area contributed by atoms with Crippen LogP contribution < -0.4 is 10.2 Å². The summed E-state index contributed by atoms with van der Waals surface area (Å²) in [4.78, 5) is 15.2. The SMILES string of the molecule is Cc1cc(Nc2nc(N(C)c3c(F)cc(Br)cc3F)nc(-c3cn(C)cn3)c2C2CC2)n[nH]1. The van der Waals surface area contributed by atoms with Gasteiger partial charge in [-0.3, -0.25) is 5.10 Å². The minimum absolute atomic E-state index is 0.134. The molecule has 0 radical (unpaired) electrons. The Bertz CT molecular complexity index is 1320. The number of H-pyrrole nitrogens is 1. The summed E-state index contributed by atoms with van der Waals surface area (Å²) in [5.74, 6) is 0.0845. The number of nitrogens with one attached hydrogen (secondary N) is 2. The van der Waals surface area contributed by atoms with Crippen LogP contribution >= 0.6 is 15.9 Å². The van der Waals surface area contributed by atoms with Gasteiger partial charge in [0.2, 0.25) is 5.95 Å². The van der Waals surface area contributed by atoms with Crippen molar-refractivity contribution in [1.29, 1.82) is 0 Å². The van der Waals surface area contributed by atoms with Crippen molar-refractivity contribution in [3.8, 4) is 11.4 Å². The van der Waals surface area contributed by atoms with Gasteiger partial charge in [-0.05, 0) is 37.8 Å². The second kappa shape index (κ2) is 8.22. The zero-order valence-corrected chi connectivity index (χ0v) is 19.8. The highest BCUT2D eigenvalue weighted by Gasteiger charge is 2.33. The van der Waals surface area contributed by atoms with E-state index in [0.29, 0.717) is 27.5 Å². The maximum atomic E-state index is 14.7. The fourth-order valence-corrected chi connectivity index (χ4v) is 4.15. The summed E-state index contributed by atoms with van der Waals surface area (Å²) >= 11 is 3.12. The maximum Gasteiger partial charge on any atom is 0.232 e. The van der Waals surface area contributed by atoms with E-state index in [9.17, 15) is 8.78 Å². The van der Waals surface area contributed by atoms with Crippen LogP contribution in [0.2, 0.25) is 0 Å². The zero-order valence-electron chi connectivity index (χ0n) is 18.2. The van der Waals surface area contributed by atoms with Crippen molar-refractivity contribution in [3.05, 3.63) is 58.1 Å². The molecule has 2 N–H and O–H groups in total. The molecule has 0 bridgehead atoms. The molecule has 33 heavy (non-hydrogen) atoms. The van der Waals surface area contributed by atoms with Crippen LogP contribution in [-0.2, 0) is 7.05 Å². The lowest BCUT2D eigenvalue weighted by molar-refractivity contribution is 0.581. The van der Waals surface area contributed by atoms with Gasteiger partial charge in [0.15, 0.2) is 17.5 Å². The standard InChI is InChI=1S/C22H21BrF2N8/c1-11-6-17(31-30-11)27-21-18(12-4-5-12)19(16-9-32(2)10-26-16)28-22(29-21)33(3)20-14(24)7-13(23)8-15(20)25/h6-10,12H,4-5H2,1-3H3,(H2,27,28,29,30,31). The molecule has 8 nitrogen and oxygen atoms in total.